The van der Waals surface area contributed by atoms with Gasteiger partial charge in [0.2, 0.25) is 0 Å². The van der Waals surface area contributed by atoms with E-state index in [0.717, 1.165) is 30.7 Å². The van der Waals surface area contributed by atoms with E-state index in [2.05, 4.69) is 9.97 Å². The Balaban J connectivity index is 2.38. The summed E-state index contributed by atoms with van der Waals surface area (Å²) in [5, 5.41) is 9.17. The lowest BCUT2D eigenvalue weighted by Gasteiger charge is -2.14. The zero-order valence-electron chi connectivity index (χ0n) is 8.11. The Bertz CT molecular complexity index is 323. The first-order chi connectivity index (χ1) is 6.86. The topological polar surface area (TPSA) is 72.0 Å². The number of aromatic nitrogens is 2. The van der Waals surface area contributed by atoms with Gasteiger partial charge in [0.25, 0.3) is 0 Å². The SMILES string of the molecule is NCC(CO)c1ncnc2c1CCC2. The fourth-order valence-corrected chi connectivity index (χ4v) is 2.01. The lowest BCUT2D eigenvalue weighted by molar-refractivity contribution is 0.265. The van der Waals surface area contributed by atoms with Gasteiger partial charge in [-0.1, -0.05) is 0 Å². The van der Waals surface area contributed by atoms with Crippen molar-refractivity contribution in [2.45, 2.75) is 25.2 Å². The molecule has 4 nitrogen and oxygen atoms in total. The van der Waals surface area contributed by atoms with Gasteiger partial charge in [0.05, 0.1) is 12.3 Å². The third kappa shape index (κ3) is 1.51. The molecule has 3 N–H and O–H groups in total. The van der Waals surface area contributed by atoms with Crippen LogP contribution in [0.25, 0.3) is 0 Å². The number of hydrogen-bond donors (Lipinski definition) is 2. The van der Waals surface area contributed by atoms with Crippen LogP contribution in [0.4, 0.5) is 0 Å². The number of aliphatic hydroxyl groups excluding tert-OH is 1. The quantitative estimate of drug-likeness (QED) is 0.708. The molecule has 0 fully saturated rings. The van der Waals surface area contributed by atoms with Crippen molar-refractivity contribution in [2.75, 3.05) is 13.2 Å². The number of nitrogens with zero attached hydrogens (tertiary/aromatic N) is 2. The van der Waals surface area contributed by atoms with Crippen LogP contribution in [0.3, 0.4) is 0 Å². The monoisotopic (exact) mass is 193 g/mol. The van der Waals surface area contributed by atoms with E-state index in [1.54, 1.807) is 6.33 Å². The van der Waals surface area contributed by atoms with Gasteiger partial charge in [-0.3, -0.25) is 0 Å². The summed E-state index contributed by atoms with van der Waals surface area (Å²) in [4.78, 5) is 8.48. The molecule has 1 heterocycles. The zero-order valence-corrected chi connectivity index (χ0v) is 8.11. The fraction of sp³-hybridized carbons (Fsp3) is 0.600. The fourth-order valence-electron chi connectivity index (χ4n) is 2.01. The first-order valence-electron chi connectivity index (χ1n) is 5.00. The molecule has 0 amide bonds. The van der Waals surface area contributed by atoms with Gasteiger partial charge in [0, 0.05) is 18.2 Å². The maximum absolute atomic E-state index is 9.17. The molecule has 0 saturated carbocycles. The van der Waals surface area contributed by atoms with Crippen molar-refractivity contribution in [1.29, 1.82) is 0 Å². The normalized spacial score (nSPS) is 16.7. The summed E-state index contributed by atoms with van der Waals surface area (Å²) < 4.78 is 0. The summed E-state index contributed by atoms with van der Waals surface area (Å²) in [6, 6.07) is 0. The summed E-state index contributed by atoms with van der Waals surface area (Å²) in [5.74, 6) is -0.0233. The number of rotatable bonds is 3. The van der Waals surface area contributed by atoms with Crippen molar-refractivity contribution < 1.29 is 5.11 Å². The molecule has 4 heteroatoms. The van der Waals surface area contributed by atoms with Crippen LogP contribution in [-0.4, -0.2) is 28.2 Å². The van der Waals surface area contributed by atoms with Gasteiger partial charge in [-0.2, -0.15) is 0 Å². The highest BCUT2D eigenvalue weighted by atomic mass is 16.3. The van der Waals surface area contributed by atoms with E-state index in [9.17, 15) is 5.11 Å². The number of aliphatic hydroxyl groups is 1. The van der Waals surface area contributed by atoms with Crippen molar-refractivity contribution in [3.8, 4) is 0 Å². The van der Waals surface area contributed by atoms with Crippen LogP contribution in [0.1, 0.15) is 29.3 Å². The minimum absolute atomic E-state index is 0.0233. The molecule has 0 saturated heterocycles. The van der Waals surface area contributed by atoms with E-state index in [0.29, 0.717) is 6.54 Å². The van der Waals surface area contributed by atoms with Gasteiger partial charge in [0.15, 0.2) is 0 Å². The minimum Gasteiger partial charge on any atom is -0.396 e. The molecule has 0 aliphatic heterocycles. The Morgan fingerprint density at radius 2 is 2.29 bits per heavy atom. The molecular formula is C10H15N3O. The van der Waals surface area contributed by atoms with Crippen molar-refractivity contribution in [3.05, 3.63) is 23.3 Å². The predicted octanol–water partition coefficient (Wildman–Crippen LogP) is -0.000100. The Morgan fingerprint density at radius 1 is 1.43 bits per heavy atom. The van der Waals surface area contributed by atoms with Crippen LogP contribution in [0, 0.1) is 0 Å². The molecule has 1 atom stereocenters. The zero-order chi connectivity index (χ0) is 9.97. The van der Waals surface area contributed by atoms with Crippen LogP contribution in [-0.2, 0) is 12.8 Å². The summed E-state index contributed by atoms with van der Waals surface area (Å²) in [6.07, 6.45) is 4.79. The van der Waals surface area contributed by atoms with Crippen LogP contribution in [0.5, 0.6) is 0 Å². The highest BCUT2D eigenvalue weighted by Gasteiger charge is 2.21. The van der Waals surface area contributed by atoms with Crippen LogP contribution in [0.2, 0.25) is 0 Å². The molecule has 0 radical (unpaired) electrons. The summed E-state index contributed by atoms with van der Waals surface area (Å²) in [7, 11) is 0. The second kappa shape index (κ2) is 4.02. The molecule has 1 aromatic rings. The third-order valence-corrected chi connectivity index (χ3v) is 2.80. The number of nitrogens with two attached hydrogens (primary N) is 1. The van der Waals surface area contributed by atoms with E-state index in [-0.39, 0.29) is 12.5 Å². The predicted molar refractivity (Wildman–Crippen MR) is 52.9 cm³/mol. The second-order valence-corrected chi connectivity index (χ2v) is 3.65. The first-order valence-corrected chi connectivity index (χ1v) is 5.00. The van der Waals surface area contributed by atoms with Crippen LogP contribution >= 0.6 is 0 Å². The Labute approximate surface area is 83.2 Å². The molecule has 76 valence electrons. The molecular weight excluding hydrogens is 178 g/mol. The minimum atomic E-state index is -0.0233. The molecule has 0 spiro atoms. The van der Waals surface area contributed by atoms with Gasteiger partial charge >= 0.3 is 0 Å². The number of hydrogen-bond acceptors (Lipinski definition) is 4. The van der Waals surface area contributed by atoms with Crippen LogP contribution < -0.4 is 5.73 Å². The van der Waals surface area contributed by atoms with E-state index >= 15 is 0 Å². The van der Waals surface area contributed by atoms with E-state index in [4.69, 9.17) is 5.73 Å². The Kier molecular flexibility index (Phi) is 2.74. The largest absolute Gasteiger partial charge is 0.396 e. The highest BCUT2D eigenvalue weighted by Crippen LogP contribution is 2.26. The molecule has 1 aliphatic rings. The number of fused-ring (bicyclic) bond motifs is 1. The van der Waals surface area contributed by atoms with E-state index in [1.807, 2.05) is 0 Å². The Morgan fingerprint density at radius 3 is 3.00 bits per heavy atom. The lowest BCUT2D eigenvalue weighted by atomic mass is 10.0. The lowest BCUT2D eigenvalue weighted by Crippen LogP contribution is -2.19. The first kappa shape index (κ1) is 9.55. The molecule has 1 aliphatic carbocycles. The summed E-state index contributed by atoms with van der Waals surface area (Å²) in [6.45, 7) is 0.514. The van der Waals surface area contributed by atoms with Crippen molar-refractivity contribution >= 4 is 0 Å². The van der Waals surface area contributed by atoms with Gasteiger partial charge in [-0.25, -0.2) is 9.97 Å². The average molecular weight is 193 g/mol. The second-order valence-electron chi connectivity index (χ2n) is 3.65. The maximum atomic E-state index is 9.17. The molecule has 2 rings (SSSR count). The van der Waals surface area contributed by atoms with Gasteiger partial charge in [-0.15, -0.1) is 0 Å². The van der Waals surface area contributed by atoms with Gasteiger partial charge in [-0.05, 0) is 24.8 Å². The maximum Gasteiger partial charge on any atom is 0.115 e. The summed E-state index contributed by atoms with van der Waals surface area (Å²) >= 11 is 0. The standard InChI is InChI=1S/C10H15N3O/c11-4-7(5-14)10-8-2-1-3-9(8)12-6-13-10/h6-7,14H,1-5,11H2. The highest BCUT2D eigenvalue weighted by molar-refractivity contribution is 5.31. The smallest absolute Gasteiger partial charge is 0.115 e. The van der Waals surface area contributed by atoms with Crippen molar-refractivity contribution in [1.82, 2.24) is 9.97 Å². The Hall–Kier alpha value is -1.00. The van der Waals surface area contributed by atoms with E-state index in [1.165, 1.54) is 5.56 Å². The third-order valence-electron chi connectivity index (χ3n) is 2.80. The number of aryl methyl sites for hydroxylation is 1. The van der Waals surface area contributed by atoms with Crippen molar-refractivity contribution in [3.63, 3.8) is 0 Å². The molecule has 1 aromatic heterocycles. The van der Waals surface area contributed by atoms with Crippen LogP contribution in [0.15, 0.2) is 6.33 Å². The summed E-state index contributed by atoms with van der Waals surface area (Å²) in [5.41, 5.74) is 8.91. The van der Waals surface area contributed by atoms with E-state index < -0.39 is 0 Å². The van der Waals surface area contributed by atoms with Gasteiger partial charge in [0.1, 0.15) is 6.33 Å². The average Bonchev–Trinajstić information content (AvgIpc) is 2.68. The molecule has 1 unspecified atom stereocenters. The van der Waals surface area contributed by atoms with Crippen molar-refractivity contribution in [2.24, 2.45) is 5.73 Å². The molecule has 0 bridgehead atoms. The molecule has 14 heavy (non-hydrogen) atoms. The molecule has 0 aromatic carbocycles. The van der Waals surface area contributed by atoms with Gasteiger partial charge < -0.3 is 10.8 Å².